The first-order chi connectivity index (χ1) is 18.3. The number of hydrogen-bond acceptors (Lipinski definition) is 4. The maximum absolute atomic E-state index is 13.5. The van der Waals surface area contributed by atoms with Gasteiger partial charge in [0, 0.05) is 10.6 Å². The van der Waals surface area contributed by atoms with E-state index in [1.807, 2.05) is 55.5 Å². The van der Waals surface area contributed by atoms with Crippen molar-refractivity contribution in [3.8, 4) is 0 Å². The third-order valence-corrected chi connectivity index (χ3v) is 8.21. The molecule has 0 heterocycles. The number of carbonyl (C=O) groups is 1. The number of sulfonamides is 1. The Morgan fingerprint density at radius 3 is 2.13 bits per heavy atom. The zero-order valence-corrected chi connectivity index (χ0v) is 22.1. The molecule has 8 heteroatoms. The molecule has 38 heavy (non-hydrogen) atoms. The second-order valence-electron chi connectivity index (χ2n) is 8.83. The molecule has 190 valence electrons. The van der Waals surface area contributed by atoms with E-state index in [0.717, 1.165) is 37.0 Å². The van der Waals surface area contributed by atoms with Gasteiger partial charge in [0.2, 0.25) is 0 Å². The number of benzene rings is 5. The van der Waals surface area contributed by atoms with E-state index in [4.69, 9.17) is 11.6 Å². The first kappa shape index (κ1) is 25.4. The topological polar surface area (TPSA) is 78.8 Å². The fourth-order valence-electron chi connectivity index (χ4n) is 4.31. The number of amides is 1. The van der Waals surface area contributed by atoms with Crippen LogP contribution in [0.5, 0.6) is 0 Å². The van der Waals surface area contributed by atoms with Crippen LogP contribution in [0, 0.1) is 6.92 Å². The molecule has 0 atom stereocenters. The van der Waals surface area contributed by atoms with Gasteiger partial charge in [0.1, 0.15) is 6.54 Å². The molecule has 0 aliphatic rings. The van der Waals surface area contributed by atoms with Crippen LogP contribution in [-0.2, 0) is 14.8 Å². The lowest BCUT2D eigenvalue weighted by atomic mass is 9.97. The van der Waals surface area contributed by atoms with Gasteiger partial charge < -0.3 is 0 Å². The zero-order valence-electron chi connectivity index (χ0n) is 20.5. The van der Waals surface area contributed by atoms with Gasteiger partial charge in [0.25, 0.3) is 15.9 Å². The molecule has 0 saturated heterocycles. The highest BCUT2D eigenvalue weighted by Gasteiger charge is 2.27. The number of nitrogens with one attached hydrogen (secondary N) is 1. The van der Waals surface area contributed by atoms with Gasteiger partial charge in [0.15, 0.2) is 0 Å². The van der Waals surface area contributed by atoms with Gasteiger partial charge in [-0.25, -0.2) is 13.8 Å². The Morgan fingerprint density at radius 1 is 0.868 bits per heavy atom. The highest BCUT2D eigenvalue weighted by atomic mass is 35.5. The quantitative estimate of drug-likeness (QED) is 0.149. The van der Waals surface area contributed by atoms with Crippen molar-refractivity contribution in [2.24, 2.45) is 5.10 Å². The summed E-state index contributed by atoms with van der Waals surface area (Å²) in [6.45, 7) is 1.39. The summed E-state index contributed by atoms with van der Waals surface area (Å²) in [7, 11) is -4.06. The van der Waals surface area contributed by atoms with Crippen LogP contribution in [0.1, 0.15) is 11.1 Å². The zero-order chi connectivity index (χ0) is 26.7. The minimum atomic E-state index is -4.06. The molecule has 1 amide bonds. The highest BCUT2D eigenvalue weighted by Crippen LogP contribution is 2.28. The molecule has 0 fully saturated rings. The standard InChI is InChI=1S/C30H24ClN3O3S/c1-21-13-15-26(16-14-21)38(36,37)34(25-10-6-9-24(31)18-25)20-30(35)33-32-19-29-27-11-4-2-7-22(27)17-23-8-3-5-12-28(23)29/h2-19H,20H2,1H3,(H,33,35)/b32-19-. The van der Waals surface area contributed by atoms with Crippen molar-refractivity contribution < 1.29 is 13.2 Å². The Labute approximate surface area is 226 Å². The van der Waals surface area contributed by atoms with Gasteiger partial charge in [-0.1, -0.05) is 83.9 Å². The summed E-state index contributed by atoms with van der Waals surface area (Å²) >= 11 is 6.14. The first-order valence-corrected chi connectivity index (χ1v) is 13.7. The smallest absolute Gasteiger partial charge is 0.264 e. The van der Waals surface area contributed by atoms with Gasteiger partial charge in [-0.2, -0.15) is 5.10 Å². The number of aryl methyl sites for hydroxylation is 1. The van der Waals surface area contributed by atoms with E-state index in [1.165, 1.54) is 18.2 Å². The Morgan fingerprint density at radius 2 is 1.50 bits per heavy atom. The summed E-state index contributed by atoms with van der Waals surface area (Å²) in [5.41, 5.74) is 4.56. The predicted molar refractivity (Wildman–Crippen MR) is 154 cm³/mol. The van der Waals surface area contributed by atoms with E-state index in [9.17, 15) is 13.2 Å². The van der Waals surface area contributed by atoms with Crippen molar-refractivity contribution in [2.45, 2.75) is 11.8 Å². The van der Waals surface area contributed by atoms with Crippen LogP contribution in [0.15, 0.2) is 113 Å². The normalized spacial score (nSPS) is 11.7. The van der Waals surface area contributed by atoms with Crippen LogP contribution < -0.4 is 9.73 Å². The van der Waals surface area contributed by atoms with Crippen LogP contribution in [0.3, 0.4) is 0 Å². The molecular weight excluding hydrogens is 518 g/mol. The van der Waals surface area contributed by atoms with Crippen molar-refractivity contribution in [3.63, 3.8) is 0 Å². The Balaban J connectivity index is 1.45. The third kappa shape index (κ3) is 5.25. The molecule has 0 aliphatic carbocycles. The van der Waals surface area contributed by atoms with Crippen molar-refractivity contribution in [1.29, 1.82) is 0 Å². The predicted octanol–water partition coefficient (Wildman–Crippen LogP) is 6.30. The average Bonchev–Trinajstić information content (AvgIpc) is 2.91. The molecule has 0 radical (unpaired) electrons. The second kappa shape index (κ2) is 10.7. The number of hydrogen-bond donors (Lipinski definition) is 1. The second-order valence-corrected chi connectivity index (χ2v) is 11.1. The monoisotopic (exact) mass is 541 g/mol. The van der Waals surface area contributed by atoms with E-state index in [2.05, 4.69) is 16.6 Å². The number of halogens is 1. The highest BCUT2D eigenvalue weighted by molar-refractivity contribution is 7.92. The molecule has 5 aromatic rings. The SMILES string of the molecule is Cc1ccc(S(=O)(=O)N(CC(=O)N/N=C\c2c3ccccc3cc3ccccc23)c2cccc(Cl)c2)cc1. The molecule has 6 nitrogen and oxygen atoms in total. The van der Waals surface area contributed by atoms with Crippen LogP contribution in [0.4, 0.5) is 5.69 Å². The van der Waals surface area contributed by atoms with E-state index in [0.29, 0.717) is 5.02 Å². The van der Waals surface area contributed by atoms with E-state index in [-0.39, 0.29) is 10.6 Å². The lowest BCUT2D eigenvalue weighted by Crippen LogP contribution is -2.39. The third-order valence-electron chi connectivity index (χ3n) is 6.19. The minimum Gasteiger partial charge on any atom is -0.271 e. The van der Waals surface area contributed by atoms with Gasteiger partial charge in [-0.15, -0.1) is 0 Å². The van der Waals surface area contributed by atoms with Crippen LogP contribution in [0.2, 0.25) is 5.02 Å². The van der Waals surface area contributed by atoms with Crippen LogP contribution in [-0.4, -0.2) is 27.1 Å². The summed E-state index contributed by atoms with van der Waals surface area (Å²) in [6.07, 6.45) is 1.60. The van der Waals surface area contributed by atoms with Crippen molar-refractivity contribution in [3.05, 3.63) is 119 Å². The Hall–Kier alpha value is -4.20. The summed E-state index contributed by atoms with van der Waals surface area (Å²) in [5, 5.41) is 8.64. The van der Waals surface area contributed by atoms with Crippen LogP contribution in [0.25, 0.3) is 21.5 Å². The molecule has 0 bridgehead atoms. The first-order valence-electron chi connectivity index (χ1n) is 11.9. The molecule has 1 N–H and O–H groups in total. The largest absolute Gasteiger partial charge is 0.271 e. The molecule has 0 spiro atoms. The Bertz CT molecular complexity index is 1730. The lowest BCUT2D eigenvalue weighted by Gasteiger charge is -2.24. The summed E-state index contributed by atoms with van der Waals surface area (Å²) in [5.74, 6) is -0.596. The summed E-state index contributed by atoms with van der Waals surface area (Å²) < 4.78 is 28.1. The van der Waals surface area contributed by atoms with Gasteiger partial charge in [-0.05, 0) is 64.9 Å². The number of anilines is 1. The van der Waals surface area contributed by atoms with E-state index >= 15 is 0 Å². The fourth-order valence-corrected chi connectivity index (χ4v) is 5.90. The number of fused-ring (bicyclic) bond motifs is 2. The Kier molecular flexibility index (Phi) is 7.13. The number of nitrogens with zero attached hydrogens (tertiary/aromatic N) is 2. The average molecular weight is 542 g/mol. The van der Waals surface area contributed by atoms with Crippen LogP contribution >= 0.6 is 11.6 Å². The van der Waals surface area contributed by atoms with Gasteiger partial charge in [-0.3, -0.25) is 9.10 Å². The van der Waals surface area contributed by atoms with E-state index < -0.39 is 22.5 Å². The van der Waals surface area contributed by atoms with Gasteiger partial charge in [0.05, 0.1) is 16.8 Å². The molecular formula is C30H24ClN3O3S. The number of rotatable bonds is 7. The van der Waals surface area contributed by atoms with Gasteiger partial charge >= 0.3 is 0 Å². The van der Waals surface area contributed by atoms with Crippen molar-refractivity contribution in [1.82, 2.24) is 5.43 Å². The molecule has 0 unspecified atom stereocenters. The molecule has 0 aromatic heterocycles. The molecule has 5 rings (SSSR count). The molecule has 5 aromatic carbocycles. The van der Waals surface area contributed by atoms with E-state index in [1.54, 1.807) is 36.5 Å². The number of hydrazone groups is 1. The number of carbonyl (C=O) groups excluding carboxylic acids is 1. The minimum absolute atomic E-state index is 0.0709. The van der Waals surface area contributed by atoms with Crippen molar-refractivity contribution >= 4 is 61.0 Å². The lowest BCUT2D eigenvalue weighted by molar-refractivity contribution is -0.119. The molecule has 0 aliphatic heterocycles. The maximum atomic E-state index is 13.5. The summed E-state index contributed by atoms with van der Waals surface area (Å²) in [6, 6.07) is 30.8. The maximum Gasteiger partial charge on any atom is 0.264 e. The van der Waals surface area contributed by atoms with Crippen molar-refractivity contribution in [2.75, 3.05) is 10.8 Å². The molecule has 0 saturated carbocycles. The fraction of sp³-hybridized carbons (Fsp3) is 0.0667. The summed E-state index contributed by atoms with van der Waals surface area (Å²) in [4.78, 5) is 13.1.